The Morgan fingerprint density at radius 3 is 2.31 bits per heavy atom. The summed E-state index contributed by atoms with van der Waals surface area (Å²) < 4.78 is 55.6. The van der Waals surface area contributed by atoms with Crippen LogP contribution in [0.1, 0.15) is 35.3 Å². The van der Waals surface area contributed by atoms with E-state index in [0.717, 1.165) is 4.57 Å². The lowest BCUT2D eigenvalue weighted by Crippen LogP contribution is -2.62. The number of ether oxygens (including phenoxy) is 2. The highest BCUT2D eigenvalue weighted by Gasteiger charge is 2.68. The van der Waals surface area contributed by atoms with E-state index in [-0.39, 0.29) is 18.5 Å². The number of nitrogens with zero attached hydrogens (tertiary/aromatic N) is 1. The first-order chi connectivity index (χ1) is 18.5. The average molecular weight is 547 g/mol. The number of nitrogens with one attached hydrogen (secondary N) is 3. The molecule has 206 valence electrons. The van der Waals surface area contributed by atoms with E-state index < -0.39 is 46.2 Å². The number of carbonyl (C=O) groups is 2. The molecular weight excluding hydrogens is 521 g/mol. The second-order valence-corrected chi connectivity index (χ2v) is 8.55. The molecule has 3 N–H and O–H groups in total. The zero-order valence-electron chi connectivity index (χ0n) is 21.0. The van der Waals surface area contributed by atoms with E-state index in [1.807, 2.05) is 17.2 Å². The minimum atomic E-state index is -5.43. The molecule has 0 radical (unpaired) electrons. The van der Waals surface area contributed by atoms with Gasteiger partial charge in [-0.15, -0.1) is 0 Å². The molecule has 1 aromatic heterocycles. The van der Waals surface area contributed by atoms with Crippen LogP contribution in [0.4, 0.5) is 19.0 Å². The van der Waals surface area contributed by atoms with Crippen LogP contribution in [0.5, 0.6) is 11.5 Å². The van der Waals surface area contributed by atoms with Gasteiger partial charge in [0.1, 0.15) is 11.4 Å². The third-order valence-electron chi connectivity index (χ3n) is 6.14. The lowest BCUT2D eigenvalue weighted by atomic mass is 9.91. The van der Waals surface area contributed by atoms with Crippen molar-refractivity contribution in [3.05, 3.63) is 86.1 Å². The van der Waals surface area contributed by atoms with Gasteiger partial charge < -0.3 is 20.1 Å². The fourth-order valence-corrected chi connectivity index (χ4v) is 4.36. The number of alkyl halides is 3. The van der Waals surface area contributed by atoms with Crippen molar-refractivity contribution < 1.29 is 32.2 Å². The number of aryl methyl sites for hydroxylation is 1. The standard InChI is InChI=1S/C26H25F3N4O6/c1-3-38-17-11-10-15(14-18(17)39-4-2)12-13-33-20-19(22(35)31-24(33)37)25(23(36)30-20,26(27,28)29)32-21(34)16-8-6-5-7-9-16/h5-11,14H,3-4,12-13H2,1-2H3,(H,30,36)(H,32,34)(H,31,35,37)/t25-/m1/s1. The molecule has 0 saturated heterocycles. The van der Waals surface area contributed by atoms with Crippen LogP contribution in [0.2, 0.25) is 0 Å². The molecule has 4 rings (SSSR count). The number of aromatic amines is 1. The number of fused-ring (bicyclic) bond motifs is 1. The molecule has 1 aliphatic heterocycles. The fraction of sp³-hybridized carbons (Fsp3) is 0.308. The van der Waals surface area contributed by atoms with E-state index in [1.54, 1.807) is 36.5 Å². The van der Waals surface area contributed by atoms with E-state index in [4.69, 9.17) is 9.47 Å². The summed E-state index contributed by atoms with van der Waals surface area (Å²) in [6, 6.07) is 12.0. The van der Waals surface area contributed by atoms with Crippen molar-refractivity contribution in [3.8, 4) is 11.5 Å². The molecule has 1 atom stereocenters. The van der Waals surface area contributed by atoms with Crippen molar-refractivity contribution >= 4 is 17.6 Å². The molecule has 13 heteroatoms. The quantitative estimate of drug-likeness (QED) is 0.378. The van der Waals surface area contributed by atoms with Crippen molar-refractivity contribution in [2.24, 2.45) is 0 Å². The summed E-state index contributed by atoms with van der Waals surface area (Å²) >= 11 is 0. The summed E-state index contributed by atoms with van der Waals surface area (Å²) in [5.74, 6) is -2.63. The number of hydrogen-bond donors (Lipinski definition) is 3. The number of hydrogen-bond acceptors (Lipinski definition) is 6. The Kier molecular flexibility index (Phi) is 7.52. The number of aromatic nitrogens is 2. The summed E-state index contributed by atoms with van der Waals surface area (Å²) in [6.07, 6.45) is -5.31. The topological polar surface area (TPSA) is 132 Å². The van der Waals surface area contributed by atoms with Gasteiger partial charge in [0.05, 0.1) is 13.2 Å². The predicted molar refractivity (Wildman–Crippen MR) is 134 cm³/mol. The maximum atomic E-state index is 14.6. The van der Waals surface area contributed by atoms with E-state index in [9.17, 15) is 32.3 Å². The maximum absolute atomic E-state index is 14.6. The molecule has 10 nitrogen and oxygen atoms in total. The summed E-state index contributed by atoms with van der Waals surface area (Å²) in [4.78, 5) is 53.0. The van der Waals surface area contributed by atoms with Gasteiger partial charge >= 0.3 is 11.9 Å². The molecule has 2 amide bonds. The molecule has 0 aliphatic carbocycles. The van der Waals surface area contributed by atoms with Gasteiger partial charge in [0, 0.05) is 12.1 Å². The smallest absolute Gasteiger partial charge is 0.425 e. The van der Waals surface area contributed by atoms with Crippen molar-refractivity contribution in [2.75, 3.05) is 18.5 Å². The van der Waals surface area contributed by atoms with Crippen LogP contribution in [0.15, 0.2) is 58.1 Å². The minimum Gasteiger partial charge on any atom is -0.490 e. The average Bonchev–Trinajstić information content (AvgIpc) is 3.19. The second kappa shape index (κ2) is 10.7. The normalized spacial score (nSPS) is 16.4. The molecule has 0 saturated carbocycles. The summed E-state index contributed by atoms with van der Waals surface area (Å²) in [6.45, 7) is 4.15. The number of H-pyrrole nitrogens is 1. The lowest BCUT2D eigenvalue weighted by molar-refractivity contribution is -0.196. The zero-order chi connectivity index (χ0) is 28.4. The van der Waals surface area contributed by atoms with Gasteiger partial charge in [-0.2, -0.15) is 13.2 Å². The first-order valence-corrected chi connectivity index (χ1v) is 12.0. The molecule has 0 fully saturated rings. The molecule has 0 unspecified atom stereocenters. The first kappa shape index (κ1) is 27.5. The van der Waals surface area contributed by atoms with E-state index >= 15 is 0 Å². The molecular formula is C26H25F3N4O6. The van der Waals surface area contributed by atoms with Gasteiger partial charge in [0.15, 0.2) is 11.5 Å². The van der Waals surface area contributed by atoms with E-state index in [2.05, 4.69) is 0 Å². The third-order valence-corrected chi connectivity index (χ3v) is 6.14. The number of carbonyl (C=O) groups excluding carboxylic acids is 2. The van der Waals surface area contributed by atoms with Crippen LogP contribution in [-0.2, 0) is 23.3 Å². The van der Waals surface area contributed by atoms with Crippen LogP contribution >= 0.6 is 0 Å². The molecule has 0 spiro atoms. The highest BCUT2D eigenvalue weighted by molar-refractivity contribution is 6.09. The predicted octanol–water partition coefficient (Wildman–Crippen LogP) is 2.72. The van der Waals surface area contributed by atoms with Crippen LogP contribution in [0.3, 0.4) is 0 Å². The number of anilines is 1. The SMILES string of the molecule is CCOc1ccc(CCn2c3c(c(=O)[nH]c2=O)[C@](NC(=O)c2ccccc2)(C(F)(F)F)C(=O)N3)cc1OCC. The van der Waals surface area contributed by atoms with E-state index in [0.29, 0.717) is 30.3 Å². The van der Waals surface area contributed by atoms with Crippen LogP contribution in [0.25, 0.3) is 0 Å². The zero-order valence-corrected chi connectivity index (χ0v) is 21.0. The summed E-state index contributed by atoms with van der Waals surface area (Å²) in [7, 11) is 0. The highest BCUT2D eigenvalue weighted by Crippen LogP contribution is 2.45. The summed E-state index contributed by atoms with van der Waals surface area (Å²) in [5, 5.41) is 3.73. The monoisotopic (exact) mass is 546 g/mol. The molecule has 1 aliphatic rings. The van der Waals surface area contributed by atoms with Gasteiger partial charge in [-0.05, 0) is 50.1 Å². The molecule has 39 heavy (non-hydrogen) atoms. The Labute approximate surface area is 219 Å². The second-order valence-electron chi connectivity index (χ2n) is 8.55. The molecule has 0 bridgehead atoms. The Morgan fingerprint density at radius 2 is 1.67 bits per heavy atom. The lowest BCUT2D eigenvalue weighted by Gasteiger charge is -2.30. The largest absolute Gasteiger partial charge is 0.490 e. The molecule has 2 heterocycles. The number of amides is 2. The maximum Gasteiger partial charge on any atom is 0.425 e. The van der Waals surface area contributed by atoms with Crippen molar-refractivity contribution in [1.29, 1.82) is 0 Å². The van der Waals surface area contributed by atoms with Gasteiger partial charge in [-0.1, -0.05) is 24.3 Å². The number of benzene rings is 2. The third kappa shape index (κ3) is 4.99. The highest BCUT2D eigenvalue weighted by atomic mass is 19.4. The first-order valence-electron chi connectivity index (χ1n) is 12.0. The molecule has 2 aromatic carbocycles. The Bertz CT molecular complexity index is 1520. The van der Waals surface area contributed by atoms with Gasteiger partial charge in [0.2, 0.25) is 0 Å². The van der Waals surface area contributed by atoms with Gasteiger partial charge in [-0.25, -0.2) is 4.79 Å². The summed E-state index contributed by atoms with van der Waals surface area (Å²) in [5.41, 5.74) is -6.83. The van der Waals surface area contributed by atoms with Crippen LogP contribution < -0.4 is 31.4 Å². The minimum absolute atomic E-state index is 0.121. The van der Waals surface area contributed by atoms with E-state index in [1.165, 1.54) is 24.3 Å². The van der Waals surface area contributed by atoms with Gasteiger partial charge in [-0.3, -0.25) is 23.9 Å². The van der Waals surface area contributed by atoms with Crippen molar-refractivity contribution in [3.63, 3.8) is 0 Å². The Morgan fingerprint density at radius 1 is 1.00 bits per heavy atom. The van der Waals surface area contributed by atoms with Gasteiger partial charge in [0.25, 0.3) is 22.9 Å². The Balaban J connectivity index is 1.75. The number of halogens is 3. The Hall–Kier alpha value is -4.55. The van der Waals surface area contributed by atoms with Crippen LogP contribution in [-0.4, -0.2) is 40.8 Å². The fourth-order valence-electron chi connectivity index (χ4n) is 4.36. The van der Waals surface area contributed by atoms with Crippen molar-refractivity contribution in [1.82, 2.24) is 14.9 Å². The van der Waals surface area contributed by atoms with Crippen LogP contribution in [0, 0.1) is 0 Å². The van der Waals surface area contributed by atoms with Crippen molar-refractivity contribution in [2.45, 2.75) is 38.5 Å². The molecule has 3 aromatic rings. The number of rotatable bonds is 9.